The minimum Gasteiger partial charge on any atom is -0.481 e. The Hall–Kier alpha value is -2.28. The van der Waals surface area contributed by atoms with E-state index in [1.165, 1.54) is 0 Å². The number of benzene rings is 1. The highest BCUT2D eigenvalue weighted by molar-refractivity contribution is 5.89. The summed E-state index contributed by atoms with van der Waals surface area (Å²) in [4.78, 5) is 10.7. The first-order chi connectivity index (χ1) is 7.72. The van der Waals surface area contributed by atoms with E-state index in [9.17, 15) is 4.79 Å². The molecule has 0 aliphatic carbocycles. The number of carboxylic acids is 1. The Bertz CT molecular complexity index is 602. The van der Waals surface area contributed by atoms with Crippen molar-refractivity contribution in [3.63, 3.8) is 0 Å². The number of nitrogens with zero attached hydrogens (tertiary/aromatic N) is 1. The van der Waals surface area contributed by atoms with Crippen molar-refractivity contribution in [2.24, 2.45) is 0 Å². The van der Waals surface area contributed by atoms with Gasteiger partial charge in [-0.25, -0.2) is 0 Å². The topological polar surface area (TPSA) is 66.0 Å². The second-order valence-corrected chi connectivity index (χ2v) is 3.38. The van der Waals surface area contributed by atoms with Crippen LogP contribution in [0.3, 0.4) is 0 Å². The molecule has 2 rings (SSSR count). The van der Waals surface area contributed by atoms with Crippen molar-refractivity contribution in [3.05, 3.63) is 29.5 Å². The van der Waals surface area contributed by atoms with Crippen LogP contribution in [0.2, 0.25) is 0 Å². The Balaban J connectivity index is 2.62. The minimum atomic E-state index is -0.856. The number of aromatic amines is 1. The number of hydrogen-bond donors (Lipinski definition) is 2. The lowest BCUT2D eigenvalue weighted by atomic mass is 10.0. The Morgan fingerprint density at radius 2 is 2.38 bits per heavy atom. The third-order valence-electron chi connectivity index (χ3n) is 2.30. The molecule has 1 aromatic heterocycles. The molecule has 0 unspecified atom stereocenters. The number of aliphatic carboxylic acids is 1. The summed E-state index contributed by atoms with van der Waals surface area (Å²) in [7, 11) is 0. The van der Waals surface area contributed by atoms with Gasteiger partial charge >= 0.3 is 5.97 Å². The molecule has 2 aromatic rings. The smallest absolute Gasteiger partial charge is 0.307 e. The third-order valence-corrected chi connectivity index (χ3v) is 2.30. The largest absolute Gasteiger partial charge is 0.481 e. The van der Waals surface area contributed by atoms with Gasteiger partial charge in [-0.05, 0) is 18.6 Å². The van der Waals surface area contributed by atoms with Gasteiger partial charge in [0, 0.05) is 10.9 Å². The molecule has 16 heavy (non-hydrogen) atoms. The standard InChI is InChI=1S/C12H10N2O2/c1-2-3-8-4-5-9(6-11(15)16)12-10(8)7-13-14-12/h4-5,7H,6H2,1H3,(H,13,14)(H,15,16). The van der Waals surface area contributed by atoms with Crippen molar-refractivity contribution < 1.29 is 9.90 Å². The number of H-pyrrole nitrogens is 1. The van der Waals surface area contributed by atoms with Crippen molar-refractivity contribution >= 4 is 16.9 Å². The fraction of sp³-hybridized carbons (Fsp3) is 0.167. The number of hydrogen-bond acceptors (Lipinski definition) is 2. The maximum Gasteiger partial charge on any atom is 0.307 e. The number of carboxylic acid groups (broad SMARTS) is 1. The highest BCUT2D eigenvalue weighted by Gasteiger charge is 2.09. The van der Waals surface area contributed by atoms with Crippen LogP contribution in [0.4, 0.5) is 0 Å². The molecule has 0 aliphatic rings. The fourth-order valence-electron chi connectivity index (χ4n) is 1.65. The molecule has 0 amide bonds. The average molecular weight is 214 g/mol. The van der Waals surface area contributed by atoms with E-state index in [0.717, 1.165) is 22.0 Å². The van der Waals surface area contributed by atoms with Gasteiger partial charge in [0.1, 0.15) is 0 Å². The third kappa shape index (κ3) is 1.75. The molecule has 2 N–H and O–H groups in total. The van der Waals surface area contributed by atoms with Crippen molar-refractivity contribution in [1.29, 1.82) is 0 Å². The lowest BCUT2D eigenvalue weighted by Gasteiger charge is -2.00. The summed E-state index contributed by atoms with van der Waals surface area (Å²) in [5.74, 6) is 4.92. The van der Waals surface area contributed by atoms with E-state index in [2.05, 4.69) is 22.0 Å². The normalized spacial score (nSPS) is 9.81. The molecule has 80 valence electrons. The molecule has 1 aromatic carbocycles. The first-order valence-electron chi connectivity index (χ1n) is 4.82. The highest BCUT2D eigenvalue weighted by atomic mass is 16.4. The van der Waals surface area contributed by atoms with Crippen molar-refractivity contribution in [1.82, 2.24) is 10.2 Å². The van der Waals surface area contributed by atoms with Crippen molar-refractivity contribution in [3.8, 4) is 11.8 Å². The zero-order chi connectivity index (χ0) is 11.5. The number of aromatic nitrogens is 2. The van der Waals surface area contributed by atoms with Crippen molar-refractivity contribution in [2.75, 3.05) is 0 Å². The lowest BCUT2D eigenvalue weighted by molar-refractivity contribution is -0.136. The second kappa shape index (κ2) is 4.07. The van der Waals surface area contributed by atoms with Gasteiger partial charge in [0.15, 0.2) is 0 Å². The van der Waals surface area contributed by atoms with Crippen LogP contribution >= 0.6 is 0 Å². The van der Waals surface area contributed by atoms with Gasteiger partial charge in [0.25, 0.3) is 0 Å². The van der Waals surface area contributed by atoms with Gasteiger partial charge in [0.05, 0.1) is 18.1 Å². The van der Waals surface area contributed by atoms with Crippen LogP contribution in [0.5, 0.6) is 0 Å². The van der Waals surface area contributed by atoms with Gasteiger partial charge in [-0.15, -0.1) is 5.92 Å². The predicted molar refractivity (Wildman–Crippen MR) is 60.0 cm³/mol. The molecule has 0 fully saturated rings. The van der Waals surface area contributed by atoms with Gasteiger partial charge in [0.2, 0.25) is 0 Å². The number of fused-ring (bicyclic) bond motifs is 1. The summed E-state index contributed by atoms with van der Waals surface area (Å²) >= 11 is 0. The monoisotopic (exact) mass is 214 g/mol. The number of carbonyl (C=O) groups is 1. The lowest BCUT2D eigenvalue weighted by Crippen LogP contribution is -2.01. The van der Waals surface area contributed by atoms with E-state index in [1.807, 2.05) is 6.07 Å². The van der Waals surface area contributed by atoms with Crippen LogP contribution in [0.25, 0.3) is 10.9 Å². The molecule has 0 atom stereocenters. The number of rotatable bonds is 2. The predicted octanol–water partition coefficient (Wildman–Crippen LogP) is 1.56. The molecule has 0 saturated carbocycles. The first-order valence-corrected chi connectivity index (χ1v) is 4.82. The van der Waals surface area contributed by atoms with E-state index < -0.39 is 5.97 Å². The van der Waals surface area contributed by atoms with Gasteiger partial charge in [-0.1, -0.05) is 12.0 Å². The van der Waals surface area contributed by atoms with E-state index in [-0.39, 0.29) is 6.42 Å². The maximum absolute atomic E-state index is 10.7. The summed E-state index contributed by atoms with van der Waals surface area (Å²) in [5.41, 5.74) is 2.34. The van der Waals surface area contributed by atoms with Crippen LogP contribution in [0.1, 0.15) is 18.1 Å². The van der Waals surface area contributed by atoms with Crippen molar-refractivity contribution in [2.45, 2.75) is 13.3 Å². The molecular formula is C12H10N2O2. The van der Waals surface area contributed by atoms with Crippen LogP contribution in [0, 0.1) is 11.8 Å². The molecule has 0 saturated heterocycles. The quantitative estimate of drug-likeness (QED) is 0.745. The Morgan fingerprint density at radius 3 is 3.06 bits per heavy atom. The first kappa shape index (κ1) is 10.2. The molecule has 0 spiro atoms. The van der Waals surface area contributed by atoms with Crippen LogP contribution in [-0.4, -0.2) is 21.3 Å². The SMILES string of the molecule is CC#Cc1ccc(CC(=O)O)c2[nH]ncc12. The maximum atomic E-state index is 10.7. The Morgan fingerprint density at radius 1 is 1.56 bits per heavy atom. The zero-order valence-electron chi connectivity index (χ0n) is 8.74. The van der Waals surface area contributed by atoms with Crippen LogP contribution in [-0.2, 0) is 11.2 Å². The summed E-state index contributed by atoms with van der Waals surface area (Å²) in [6.45, 7) is 1.76. The minimum absolute atomic E-state index is 0.0154. The molecule has 4 nitrogen and oxygen atoms in total. The zero-order valence-corrected chi connectivity index (χ0v) is 8.74. The van der Waals surface area contributed by atoms with Gasteiger partial charge in [-0.3, -0.25) is 9.89 Å². The summed E-state index contributed by atoms with van der Waals surface area (Å²) in [5, 5.41) is 16.4. The molecule has 4 heteroatoms. The summed E-state index contributed by atoms with van der Waals surface area (Å²) in [6.07, 6.45) is 1.65. The average Bonchev–Trinajstić information content (AvgIpc) is 2.70. The molecular weight excluding hydrogens is 204 g/mol. The fourth-order valence-corrected chi connectivity index (χ4v) is 1.65. The van der Waals surface area contributed by atoms with E-state index in [1.54, 1.807) is 19.2 Å². The highest BCUT2D eigenvalue weighted by Crippen LogP contribution is 2.20. The van der Waals surface area contributed by atoms with E-state index in [0.29, 0.717) is 0 Å². The molecule has 0 aliphatic heterocycles. The number of nitrogens with one attached hydrogen (secondary N) is 1. The van der Waals surface area contributed by atoms with Gasteiger partial charge < -0.3 is 5.11 Å². The molecule has 0 radical (unpaired) electrons. The second-order valence-electron chi connectivity index (χ2n) is 3.38. The van der Waals surface area contributed by atoms with Crippen LogP contribution < -0.4 is 0 Å². The summed E-state index contributed by atoms with van der Waals surface area (Å²) < 4.78 is 0. The van der Waals surface area contributed by atoms with Crippen LogP contribution in [0.15, 0.2) is 18.3 Å². The van der Waals surface area contributed by atoms with Gasteiger partial charge in [-0.2, -0.15) is 5.10 Å². The molecule has 1 heterocycles. The van der Waals surface area contributed by atoms with E-state index >= 15 is 0 Å². The Kier molecular flexibility index (Phi) is 2.61. The van der Waals surface area contributed by atoms with E-state index in [4.69, 9.17) is 5.11 Å². The molecule has 0 bridgehead atoms. The summed E-state index contributed by atoms with van der Waals surface area (Å²) in [6, 6.07) is 3.60. The Labute approximate surface area is 92.3 Å².